The van der Waals surface area contributed by atoms with E-state index in [1.54, 1.807) is 31.5 Å². The zero-order chi connectivity index (χ0) is 20.5. The van der Waals surface area contributed by atoms with Crippen molar-refractivity contribution in [3.05, 3.63) is 54.3 Å². The van der Waals surface area contributed by atoms with E-state index in [4.69, 9.17) is 9.15 Å². The number of aromatic amines is 1. The van der Waals surface area contributed by atoms with E-state index in [2.05, 4.69) is 30.8 Å². The van der Waals surface area contributed by atoms with Crippen molar-refractivity contribution in [3.8, 4) is 17.3 Å². The summed E-state index contributed by atoms with van der Waals surface area (Å²) in [6, 6.07) is 9.75. The third-order valence-corrected chi connectivity index (χ3v) is 4.20. The molecule has 162 valence electrons. The number of hydrogen-bond acceptors (Lipinski definition) is 5. The van der Waals surface area contributed by atoms with Crippen LogP contribution >= 0.6 is 24.0 Å². The van der Waals surface area contributed by atoms with E-state index in [1.165, 1.54) is 12.1 Å². The molecule has 1 atom stereocenters. The van der Waals surface area contributed by atoms with Crippen LogP contribution in [0.5, 0.6) is 5.75 Å². The van der Waals surface area contributed by atoms with Crippen LogP contribution in [0.3, 0.4) is 0 Å². The number of aromatic nitrogens is 3. The van der Waals surface area contributed by atoms with Crippen molar-refractivity contribution in [2.24, 2.45) is 4.99 Å². The van der Waals surface area contributed by atoms with Gasteiger partial charge < -0.3 is 19.8 Å². The first-order valence-corrected chi connectivity index (χ1v) is 9.49. The van der Waals surface area contributed by atoms with Crippen molar-refractivity contribution in [3.63, 3.8) is 0 Å². The van der Waals surface area contributed by atoms with E-state index in [9.17, 15) is 4.39 Å². The fraction of sp³-hybridized carbons (Fsp3) is 0.350. The smallest absolute Gasteiger partial charge is 0.216 e. The van der Waals surface area contributed by atoms with Gasteiger partial charge in [-0.2, -0.15) is 5.10 Å². The highest BCUT2D eigenvalue weighted by Gasteiger charge is 2.11. The molecular weight excluding hydrogens is 502 g/mol. The van der Waals surface area contributed by atoms with Crippen LogP contribution in [0.25, 0.3) is 11.6 Å². The highest BCUT2D eigenvalue weighted by molar-refractivity contribution is 14.0. The number of nitrogens with one attached hydrogen (secondary N) is 3. The quantitative estimate of drug-likeness (QED) is 0.224. The van der Waals surface area contributed by atoms with Gasteiger partial charge in [0.2, 0.25) is 5.82 Å². The second-order valence-electron chi connectivity index (χ2n) is 6.32. The van der Waals surface area contributed by atoms with Crippen molar-refractivity contribution < 1.29 is 13.5 Å². The van der Waals surface area contributed by atoms with Crippen LogP contribution in [0.1, 0.15) is 19.2 Å². The number of aliphatic imine (C=N–C) groups is 1. The van der Waals surface area contributed by atoms with E-state index >= 15 is 0 Å². The fourth-order valence-electron chi connectivity index (χ4n) is 2.66. The van der Waals surface area contributed by atoms with Crippen molar-refractivity contribution in [1.29, 1.82) is 0 Å². The minimum absolute atomic E-state index is 0. The van der Waals surface area contributed by atoms with Crippen LogP contribution in [0, 0.1) is 5.82 Å². The lowest BCUT2D eigenvalue weighted by molar-refractivity contribution is 0.199. The van der Waals surface area contributed by atoms with Gasteiger partial charge in [0.15, 0.2) is 11.7 Å². The Hall–Kier alpha value is -2.63. The summed E-state index contributed by atoms with van der Waals surface area (Å²) in [5.41, 5.74) is 0. The minimum atomic E-state index is -0.314. The normalized spacial score (nSPS) is 12.2. The van der Waals surface area contributed by atoms with Gasteiger partial charge in [0, 0.05) is 26.1 Å². The molecule has 30 heavy (non-hydrogen) atoms. The number of H-pyrrole nitrogens is 1. The standard InChI is InChI=1S/C20H25FN6O2.HI/c1-3-15(29-16-7-4-6-14(21)12-16)13-24-20(22-2)23-10-9-18-25-19(27-26-18)17-8-5-11-28-17;/h4-8,11-12,15H,3,9-10,13H2,1-2H3,(H2,22,23,24)(H,25,26,27);1H. The first-order chi connectivity index (χ1) is 14.2. The monoisotopic (exact) mass is 528 g/mol. The van der Waals surface area contributed by atoms with Gasteiger partial charge in [0.1, 0.15) is 23.5 Å². The molecular formula is C20H26FIN6O2. The SMILES string of the molecule is CCC(CNC(=NC)NCCc1nc(-c2ccco2)n[nH]1)Oc1cccc(F)c1.I. The summed E-state index contributed by atoms with van der Waals surface area (Å²) >= 11 is 0. The molecule has 0 aliphatic rings. The predicted octanol–water partition coefficient (Wildman–Crippen LogP) is 3.39. The average molecular weight is 528 g/mol. The Morgan fingerprint density at radius 1 is 1.30 bits per heavy atom. The summed E-state index contributed by atoms with van der Waals surface area (Å²) in [7, 11) is 1.70. The molecule has 0 saturated carbocycles. The van der Waals surface area contributed by atoms with Gasteiger partial charge in [-0.15, -0.1) is 24.0 Å². The summed E-state index contributed by atoms with van der Waals surface area (Å²) in [6.07, 6.45) is 2.89. The van der Waals surface area contributed by atoms with Crippen LogP contribution in [0.4, 0.5) is 4.39 Å². The Balaban J connectivity index is 0.00000320. The maximum absolute atomic E-state index is 13.3. The Morgan fingerprint density at radius 2 is 2.17 bits per heavy atom. The first-order valence-electron chi connectivity index (χ1n) is 9.49. The van der Waals surface area contributed by atoms with Crippen LogP contribution < -0.4 is 15.4 Å². The van der Waals surface area contributed by atoms with Crippen molar-refractivity contribution in [2.45, 2.75) is 25.9 Å². The Labute approximate surface area is 191 Å². The van der Waals surface area contributed by atoms with E-state index in [0.29, 0.717) is 42.8 Å². The lowest BCUT2D eigenvalue weighted by atomic mass is 10.2. The molecule has 10 heteroatoms. The number of furan rings is 1. The van der Waals surface area contributed by atoms with Crippen molar-refractivity contribution in [1.82, 2.24) is 25.8 Å². The van der Waals surface area contributed by atoms with Gasteiger partial charge in [-0.25, -0.2) is 9.37 Å². The molecule has 0 amide bonds. The molecule has 8 nitrogen and oxygen atoms in total. The molecule has 0 spiro atoms. The number of halogens is 2. The summed E-state index contributed by atoms with van der Waals surface area (Å²) in [6.45, 7) is 3.17. The molecule has 1 aromatic carbocycles. The van der Waals surface area contributed by atoms with Crippen LogP contribution in [0.2, 0.25) is 0 Å². The maximum atomic E-state index is 13.3. The van der Waals surface area contributed by atoms with Crippen molar-refractivity contribution in [2.75, 3.05) is 20.1 Å². The Morgan fingerprint density at radius 3 is 2.87 bits per heavy atom. The molecule has 2 heterocycles. The Kier molecular flexibility index (Phi) is 9.58. The fourth-order valence-corrected chi connectivity index (χ4v) is 2.66. The van der Waals surface area contributed by atoms with E-state index in [-0.39, 0.29) is 35.9 Å². The predicted molar refractivity (Wildman–Crippen MR) is 124 cm³/mol. The maximum Gasteiger partial charge on any atom is 0.216 e. The zero-order valence-electron chi connectivity index (χ0n) is 16.9. The van der Waals surface area contributed by atoms with Gasteiger partial charge >= 0.3 is 0 Å². The molecule has 3 rings (SSSR count). The van der Waals surface area contributed by atoms with Gasteiger partial charge in [-0.1, -0.05) is 13.0 Å². The number of ether oxygens (including phenoxy) is 1. The second-order valence-corrected chi connectivity index (χ2v) is 6.32. The zero-order valence-corrected chi connectivity index (χ0v) is 19.2. The number of rotatable bonds is 9. The average Bonchev–Trinajstić information content (AvgIpc) is 3.41. The van der Waals surface area contributed by atoms with E-state index in [1.807, 2.05) is 13.0 Å². The molecule has 0 bridgehead atoms. The molecule has 0 aliphatic carbocycles. The third-order valence-electron chi connectivity index (χ3n) is 4.20. The first kappa shape index (κ1) is 23.6. The molecule has 3 N–H and O–H groups in total. The molecule has 0 radical (unpaired) electrons. The van der Waals surface area contributed by atoms with Gasteiger partial charge in [-0.05, 0) is 30.7 Å². The molecule has 3 aromatic rings. The number of guanidine groups is 1. The van der Waals surface area contributed by atoms with Gasteiger partial charge in [-0.3, -0.25) is 10.1 Å². The summed E-state index contributed by atoms with van der Waals surface area (Å²) < 4.78 is 24.4. The topological polar surface area (TPSA) is 100 Å². The molecule has 0 saturated heterocycles. The number of hydrogen-bond donors (Lipinski definition) is 3. The van der Waals surface area contributed by atoms with E-state index < -0.39 is 0 Å². The van der Waals surface area contributed by atoms with Crippen LogP contribution in [-0.4, -0.2) is 47.4 Å². The molecule has 0 aliphatic heterocycles. The summed E-state index contributed by atoms with van der Waals surface area (Å²) in [5.74, 6) is 2.76. The minimum Gasteiger partial charge on any atom is -0.489 e. The van der Waals surface area contributed by atoms with Gasteiger partial charge in [0.25, 0.3) is 0 Å². The lowest BCUT2D eigenvalue weighted by Gasteiger charge is -2.20. The largest absolute Gasteiger partial charge is 0.489 e. The van der Waals surface area contributed by atoms with Crippen LogP contribution in [0.15, 0.2) is 52.1 Å². The molecule has 1 unspecified atom stereocenters. The highest BCUT2D eigenvalue weighted by Crippen LogP contribution is 2.15. The van der Waals surface area contributed by atoms with Crippen molar-refractivity contribution >= 4 is 29.9 Å². The number of nitrogens with zero attached hydrogens (tertiary/aromatic N) is 3. The molecule has 0 fully saturated rings. The highest BCUT2D eigenvalue weighted by atomic mass is 127. The second kappa shape index (κ2) is 12.2. The van der Waals surface area contributed by atoms with Crippen LogP contribution in [-0.2, 0) is 6.42 Å². The van der Waals surface area contributed by atoms with E-state index in [0.717, 1.165) is 12.2 Å². The Bertz CT molecular complexity index is 916. The van der Waals surface area contributed by atoms with Gasteiger partial charge in [0.05, 0.1) is 12.8 Å². The summed E-state index contributed by atoms with van der Waals surface area (Å²) in [4.78, 5) is 8.62. The third kappa shape index (κ3) is 7.01. The summed E-state index contributed by atoms with van der Waals surface area (Å²) in [5, 5.41) is 13.5. The number of benzene rings is 1. The molecule has 2 aromatic heterocycles. The lowest BCUT2D eigenvalue weighted by Crippen LogP contribution is -2.43.